The summed E-state index contributed by atoms with van der Waals surface area (Å²) in [4.78, 5) is 4.25. The first-order valence-electron chi connectivity index (χ1n) is 9.18. The minimum Gasteiger partial charge on any atom is -0.456 e. The van der Waals surface area contributed by atoms with E-state index >= 15 is 0 Å². The van der Waals surface area contributed by atoms with Crippen LogP contribution in [0.5, 0.6) is 0 Å². The minimum atomic E-state index is 0.400. The van der Waals surface area contributed by atoms with E-state index in [0.717, 1.165) is 39.1 Å². The number of hydrogen-bond acceptors (Lipinski definition) is 4. The number of nitriles is 1. The zero-order chi connectivity index (χ0) is 21.2. The number of furan rings is 1. The van der Waals surface area contributed by atoms with Gasteiger partial charge in [-0.1, -0.05) is 49.1 Å². The van der Waals surface area contributed by atoms with Crippen LogP contribution < -0.4 is 5.73 Å². The fourth-order valence-corrected chi connectivity index (χ4v) is 2.80. The van der Waals surface area contributed by atoms with Crippen LogP contribution >= 0.6 is 0 Å². The molecule has 1 heterocycles. The largest absolute Gasteiger partial charge is 0.456 e. The maximum atomic E-state index is 8.98. The summed E-state index contributed by atoms with van der Waals surface area (Å²) in [6, 6.07) is 8.17. The monoisotopic (exact) mass is 383 g/mol. The van der Waals surface area contributed by atoms with Gasteiger partial charge in [0, 0.05) is 24.2 Å². The van der Waals surface area contributed by atoms with E-state index in [9.17, 15) is 0 Å². The first-order chi connectivity index (χ1) is 14.0. The third kappa shape index (κ3) is 5.57. The van der Waals surface area contributed by atoms with Gasteiger partial charge in [0.2, 0.25) is 0 Å². The lowest BCUT2D eigenvalue weighted by molar-refractivity contribution is 0.601. The molecule has 146 valence electrons. The van der Waals surface area contributed by atoms with E-state index < -0.39 is 0 Å². The first kappa shape index (κ1) is 21.5. The number of aryl methyl sites for hydroxylation is 1. The molecule has 0 radical (unpaired) electrons. The quantitative estimate of drug-likeness (QED) is 0.368. The summed E-state index contributed by atoms with van der Waals surface area (Å²) in [6.07, 6.45) is 16.2. The topological polar surface area (TPSA) is 75.3 Å². The van der Waals surface area contributed by atoms with E-state index in [1.165, 1.54) is 6.20 Å². The molecule has 2 N–H and O–H groups in total. The average Bonchev–Trinajstić information content (AvgIpc) is 3.05. The molecule has 1 aromatic heterocycles. The second-order valence-electron chi connectivity index (χ2n) is 6.33. The highest BCUT2D eigenvalue weighted by Gasteiger charge is 2.07. The second kappa shape index (κ2) is 10.5. The van der Waals surface area contributed by atoms with Crippen molar-refractivity contribution in [2.75, 3.05) is 7.05 Å². The molecule has 29 heavy (non-hydrogen) atoms. The average molecular weight is 383 g/mol. The van der Waals surface area contributed by atoms with Crippen molar-refractivity contribution < 1.29 is 4.42 Å². The molecule has 1 aromatic carbocycles. The van der Waals surface area contributed by atoms with Gasteiger partial charge in [-0.05, 0) is 49.3 Å². The van der Waals surface area contributed by atoms with Crippen LogP contribution in [0.2, 0.25) is 0 Å². The van der Waals surface area contributed by atoms with Crippen molar-refractivity contribution in [3.8, 4) is 6.07 Å². The SMILES string of the molecule is C=C/C=C\c1oc2cc(/C=C/C=C\C(=NC)/C(C)=C/C(C#N)=C\N)ccc2c1C. The number of rotatable bonds is 7. The van der Waals surface area contributed by atoms with Gasteiger partial charge >= 0.3 is 0 Å². The van der Waals surface area contributed by atoms with Crippen molar-refractivity contribution in [3.63, 3.8) is 0 Å². The van der Waals surface area contributed by atoms with Crippen LogP contribution in [0.25, 0.3) is 23.1 Å². The van der Waals surface area contributed by atoms with Gasteiger partial charge in [0.25, 0.3) is 0 Å². The molecule has 0 bridgehead atoms. The van der Waals surface area contributed by atoms with Crippen molar-refractivity contribution >= 4 is 28.8 Å². The molecule has 0 unspecified atom stereocenters. The molecule has 2 aromatic rings. The highest BCUT2D eigenvalue weighted by Crippen LogP contribution is 2.27. The Labute approximate surface area is 172 Å². The predicted octanol–water partition coefficient (Wildman–Crippen LogP) is 5.89. The van der Waals surface area contributed by atoms with Crippen LogP contribution in [0.1, 0.15) is 23.8 Å². The van der Waals surface area contributed by atoms with Crippen LogP contribution in [0.3, 0.4) is 0 Å². The van der Waals surface area contributed by atoms with Gasteiger partial charge in [0.1, 0.15) is 17.4 Å². The Hall–Kier alpha value is -3.84. The summed E-state index contributed by atoms with van der Waals surface area (Å²) in [6.45, 7) is 7.63. The maximum Gasteiger partial charge on any atom is 0.135 e. The Morgan fingerprint density at radius 2 is 2.03 bits per heavy atom. The molecular weight excluding hydrogens is 358 g/mol. The Morgan fingerprint density at radius 3 is 2.69 bits per heavy atom. The lowest BCUT2D eigenvalue weighted by Crippen LogP contribution is -1.96. The predicted molar refractivity (Wildman–Crippen MR) is 123 cm³/mol. The number of aliphatic imine (C=N–C) groups is 1. The van der Waals surface area contributed by atoms with Crippen LogP contribution in [0.4, 0.5) is 0 Å². The van der Waals surface area contributed by atoms with E-state index in [0.29, 0.717) is 5.57 Å². The summed E-state index contributed by atoms with van der Waals surface area (Å²) in [5, 5.41) is 10.1. The van der Waals surface area contributed by atoms with E-state index in [2.05, 4.69) is 23.7 Å². The number of allylic oxidation sites excluding steroid dienone is 8. The fourth-order valence-electron chi connectivity index (χ4n) is 2.80. The molecule has 0 fully saturated rings. The van der Waals surface area contributed by atoms with Crippen LogP contribution in [-0.4, -0.2) is 12.8 Å². The van der Waals surface area contributed by atoms with Crippen molar-refractivity contribution in [3.05, 3.63) is 95.5 Å². The molecule has 4 heteroatoms. The van der Waals surface area contributed by atoms with Gasteiger partial charge in [-0.15, -0.1) is 0 Å². The zero-order valence-electron chi connectivity index (χ0n) is 17.0. The number of hydrogen-bond donors (Lipinski definition) is 1. The van der Waals surface area contributed by atoms with Crippen molar-refractivity contribution in [2.24, 2.45) is 10.7 Å². The minimum absolute atomic E-state index is 0.400. The number of nitrogens with two attached hydrogens (primary N) is 1. The third-order valence-electron chi connectivity index (χ3n) is 4.36. The molecule has 0 spiro atoms. The Kier molecular flexibility index (Phi) is 7.76. The summed E-state index contributed by atoms with van der Waals surface area (Å²) >= 11 is 0. The molecule has 4 nitrogen and oxygen atoms in total. The normalized spacial score (nSPS) is 13.8. The molecule has 0 aliphatic rings. The highest BCUT2D eigenvalue weighted by atomic mass is 16.3. The second-order valence-corrected chi connectivity index (χ2v) is 6.33. The molecule has 0 amide bonds. The van der Waals surface area contributed by atoms with E-state index in [-0.39, 0.29) is 0 Å². The summed E-state index contributed by atoms with van der Waals surface area (Å²) in [7, 11) is 1.71. The van der Waals surface area contributed by atoms with Gasteiger partial charge in [-0.2, -0.15) is 5.26 Å². The Morgan fingerprint density at radius 1 is 1.24 bits per heavy atom. The van der Waals surface area contributed by atoms with Crippen molar-refractivity contribution in [1.29, 1.82) is 5.26 Å². The first-order valence-corrected chi connectivity index (χ1v) is 9.18. The summed E-state index contributed by atoms with van der Waals surface area (Å²) in [5.74, 6) is 0.843. The van der Waals surface area contributed by atoms with E-state index in [1.54, 1.807) is 19.2 Å². The zero-order valence-corrected chi connectivity index (χ0v) is 17.0. The van der Waals surface area contributed by atoms with Crippen LogP contribution in [0.15, 0.2) is 88.0 Å². The molecular formula is C25H25N3O. The number of fused-ring (bicyclic) bond motifs is 1. The highest BCUT2D eigenvalue weighted by molar-refractivity contribution is 6.08. The lowest BCUT2D eigenvalue weighted by Gasteiger charge is -1.99. The third-order valence-corrected chi connectivity index (χ3v) is 4.36. The van der Waals surface area contributed by atoms with Crippen molar-refractivity contribution in [2.45, 2.75) is 13.8 Å². The molecule has 2 rings (SSSR count). The summed E-state index contributed by atoms with van der Waals surface area (Å²) < 4.78 is 5.94. The Balaban J connectivity index is 2.19. The molecule has 0 saturated carbocycles. The standard InChI is InChI=1S/C25H25N3O/c1-5-6-11-24-19(3)22-13-12-20(15-25(22)29-24)9-7-8-10-23(28-4)18(2)14-21(16-26)17-27/h5-16H,1,26H2,2-4H3/b9-7+,10-8-,11-6-,18-14+,21-16+,28-23?. The lowest BCUT2D eigenvalue weighted by atomic mass is 10.1. The van der Waals surface area contributed by atoms with Gasteiger partial charge in [-0.3, -0.25) is 4.99 Å². The Bertz CT molecular complexity index is 1110. The van der Waals surface area contributed by atoms with Gasteiger partial charge in [-0.25, -0.2) is 0 Å². The maximum absolute atomic E-state index is 8.98. The van der Waals surface area contributed by atoms with Crippen LogP contribution in [-0.2, 0) is 0 Å². The smallest absolute Gasteiger partial charge is 0.135 e. The van der Waals surface area contributed by atoms with E-state index in [4.69, 9.17) is 15.4 Å². The fraction of sp³-hybridized carbons (Fsp3) is 0.120. The molecule has 0 aliphatic carbocycles. The van der Waals surface area contributed by atoms with Gasteiger partial charge in [0.05, 0.1) is 11.3 Å². The summed E-state index contributed by atoms with van der Waals surface area (Å²) in [5.41, 5.74) is 10.5. The molecule has 0 saturated heterocycles. The molecule has 0 aliphatic heterocycles. The number of nitrogens with zero attached hydrogens (tertiary/aromatic N) is 2. The van der Waals surface area contributed by atoms with Gasteiger partial charge in [0.15, 0.2) is 0 Å². The van der Waals surface area contributed by atoms with Crippen molar-refractivity contribution in [1.82, 2.24) is 0 Å². The van der Waals surface area contributed by atoms with E-state index in [1.807, 2.05) is 62.4 Å². The molecule has 0 atom stereocenters. The van der Waals surface area contributed by atoms with Crippen LogP contribution in [0, 0.1) is 18.3 Å². The van der Waals surface area contributed by atoms with Gasteiger partial charge < -0.3 is 10.2 Å². The number of benzene rings is 1.